The number of hydrogen-bond donors (Lipinski definition) is 0. The Balaban J connectivity index is 1.82. The molecule has 0 atom stereocenters. The zero-order valence-corrected chi connectivity index (χ0v) is 14.8. The number of nitrogens with zero attached hydrogens (tertiary/aromatic N) is 1. The summed E-state index contributed by atoms with van der Waals surface area (Å²) in [4.78, 5) is 14.1. The lowest BCUT2D eigenvalue weighted by molar-refractivity contribution is -0.0192. The Bertz CT molecular complexity index is 642. The topological polar surface area (TPSA) is 48.0 Å². The number of hydrogen-bond acceptors (Lipinski definition) is 4. The van der Waals surface area contributed by atoms with Crippen molar-refractivity contribution >= 4 is 18.5 Å². The molecule has 0 aliphatic carbocycles. The van der Waals surface area contributed by atoms with E-state index in [1.165, 1.54) is 12.1 Å². The first-order valence-corrected chi connectivity index (χ1v) is 8.11. The van der Waals surface area contributed by atoms with Crippen LogP contribution in [0, 0.1) is 5.82 Å². The fourth-order valence-corrected chi connectivity index (χ4v) is 2.79. The van der Waals surface area contributed by atoms with Crippen molar-refractivity contribution < 1.29 is 23.2 Å². The molecular formula is C17H23BFNO4. The van der Waals surface area contributed by atoms with Gasteiger partial charge in [0.25, 0.3) is 5.91 Å². The van der Waals surface area contributed by atoms with Gasteiger partial charge in [-0.05, 0) is 51.4 Å². The van der Waals surface area contributed by atoms with Crippen molar-refractivity contribution in [2.24, 2.45) is 0 Å². The van der Waals surface area contributed by atoms with Crippen molar-refractivity contribution in [3.63, 3.8) is 0 Å². The van der Waals surface area contributed by atoms with Crippen LogP contribution in [-0.2, 0) is 14.0 Å². The third kappa shape index (κ3) is 2.96. The van der Waals surface area contributed by atoms with Gasteiger partial charge in [-0.3, -0.25) is 4.79 Å². The van der Waals surface area contributed by atoms with Crippen LogP contribution in [0.25, 0.3) is 0 Å². The van der Waals surface area contributed by atoms with Crippen LogP contribution in [-0.4, -0.2) is 55.4 Å². The van der Waals surface area contributed by atoms with Gasteiger partial charge in [-0.15, -0.1) is 0 Å². The van der Waals surface area contributed by atoms with Crippen molar-refractivity contribution in [3.8, 4) is 0 Å². The standard InChI is InChI=1S/C17H23BFNO4/c1-16(2)17(3,4)24-18(23-16)12-6-11(7-13(19)8-12)15(21)20-9-14(10-20)22-5/h6-8,14H,9-10H2,1-5H3. The summed E-state index contributed by atoms with van der Waals surface area (Å²) in [6.45, 7) is 8.79. The van der Waals surface area contributed by atoms with Crippen LogP contribution in [0.2, 0.25) is 0 Å². The molecule has 0 unspecified atom stereocenters. The predicted molar refractivity (Wildman–Crippen MR) is 88.8 cm³/mol. The highest BCUT2D eigenvalue weighted by Crippen LogP contribution is 2.36. The van der Waals surface area contributed by atoms with Crippen molar-refractivity contribution in [3.05, 3.63) is 29.6 Å². The fourth-order valence-electron chi connectivity index (χ4n) is 2.79. The van der Waals surface area contributed by atoms with Gasteiger partial charge in [0.1, 0.15) is 5.82 Å². The number of likely N-dealkylation sites (tertiary alicyclic amines) is 1. The van der Waals surface area contributed by atoms with Gasteiger partial charge in [-0.2, -0.15) is 0 Å². The highest BCUT2D eigenvalue weighted by molar-refractivity contribution is 6.62. The molecule has 2 aliphatic heterocycles. The van der Waals surface area contributed by atoms with Gasteiger partial charge < -0.3 is 18.9 Å². The zero-order valence-electron chi connectivity index (χ0n) is 14.8. The van der Waals surface area contributed by atoms with Crippen LogP contribution in [0.5, 0.6) is 0 Å². The molecule has 2 aliphatic rings. The van der Waals surface area contributed by atoms with Gasteiger partial charge in [0, 0.05) is 25.8 Å². The van der Waals surface area contributed by atoms with Crippen molar-refractivity contribution in [2.75, 3.05) is 20.2 Å². The first-order valence-electron chi connectivity index (χ1n) is 8.11. The molecule has 0 bridgehead atoms. The maximum Gasteiger partial charge on any atom is 0.494 e. The van der Waals surface area contributed by atoms with Crippen molar-refractivity contribution in [1.82, 2.24) is 4.90 Å². The maximum absolute atomic E-state index is 14.0. The Hall–Kier alpha value is -1.44. The number of rotatable bonds is 3. The lowest BCUT2D eigenvalue weighted by atomic mass is 9.78. The Labute approximate surface area is 142 Å². The average Bonchev–Trinajstić information content (AvgIpc) is 2.65. The highest BCUT2D eigenvalue weighted by atomic mass is 19.1. The molecule has 0 aromatic heterocycles. The second-order valence-electron chi connectivity index (χ2n) is 7.43. The molecule has 1 aromatic rings. The molecule has 130 valence electrons. The zero-order chi connectivity index (χ0) is 17.7. The summed E-state index contributed by atoms with van der Waals surface area (Å²) in [5.74, 6) is -0.685. The van der Waals surface area contributed by atoms with Crippen LogP contribution in [0.1, 0.15) is 38.1 Å². The lowest BCUT2D eigenvalue weighted by Crippen LogP contribution is -2.54. The number of amides is 1. The number of ether oxygens (including phenoxy) is 1. The number of carbonyl (C=O) groups is 1. The lowest BCUT2D eigenvalue weighted by Gasteiger charge is -2.38. The van der Waals surface area contributed by atoms with E-state index in [4.69, 9.17) is 14.0 Å². The van der Waals surface area contributed by atoms with E-state index in [1.54, 1.807) is 18.1 Å². The molecule has 5 nitrogen and oxygen atoms in total. The summed E-state index contributed by atoms with van der Waals surface area (Å²) in [7, 11) is 0.922. The minimum absolute atomic E-state index is 0.0603. The van der Waals surface area contributed by atoms with Crippen molar-refractivity contribution in [1.29, 1.82) is 0 Å². The number of halogens is 1. The van der Waals surface area contributed by atoms with E-state index >= 15 is 0 Å². The monoisotopic (exact) mass is 335 g/mol. The van der Waals surface area contributed by atoms with Gasteiger partial charge in [0.15, 0.2) is 0 Å². The van der Waals surface area contributed by atoms with E-state index in [-0.39, 0.29) is 12.0 Å². The SMILES string of the molecule is COC1CN(C(=O)c2cc(F)cc(B3OC(C)(C)C(C)(C)O3)c2)C1. The molecule has 0 saturated carbocycles. The molecule has 1 amide bonds. The molecule has 2 fully saturated rings. The first kappa shape index (κ1) is 17.4. The minimum atomic E-state index is -0.694. The molecule has 2 saturated heterocycles. The molecule has 1 aromatic carbocycles. The Morgan fingerprint density at radius 1 is 1.21 bits per heavy atom. The summed E-state index contributed by atoms with van der Waals surface area (Å²) >= 11 is 0. The van der Waals surface area contributed by atoms with E-state index < -0.39 is 24.1 Å². The maximum atomic E-state index is 14.0. The Morgan fingerprint density at radius 2 is 1.79 bits per heavy atom. The summed E-state index contributed by atoms with van der Waals surface area (Å²) in [5, 5.41) is 0. The average molecular weight is 335 g/mol. The summed E-state index contributed by atoms with van der Waals surface area (Å²) < 4.78 is 31.1. The molecule has 0 radical (unpaired) electrons. The largest absolute Gasteiger partial charge is 0.494 e. The smallest absolute Gasteiger partial charge is 0.399 e. The molecule has 24 heavy (non-hydrogen) atoms. The van der Waals surface area contributed by atoms with E-state index in [0.29, 0.717) is 24.1 Å². The number of benzene rings is 1. The minimum Gasteiger partial charge on any atom is -0.399 e. The van der Waals surface area contributed by atoms with E-state index in [9.17, 15) is 9.18 Å². The summed E-state index contributed by atoms with van der Waals surface area (Å²) in [6, 6.07) is 4.25. The van der Waals surface area contributed by atoms with Crippen LogP contribution < -0.4 is 5.46 Å². The molecular weight excluding hydrogens is 312 g/mol. The van der Waals surface area contributed by atoms with Gasteiger partial charge in [-0.25, -0.2) is 4.39 Å². The van der Waals surface area contributed by atoms with Gasteiger partial charge >= 0.3 is 7.12 Å². The number of methoxy groups -OCH3 is 1. The first-order chi connectivity index (χ1) is 11.1. The van der Waals surface area contributed by atoms with Crippen LogP contribution in [0.15, 0.2) is 18.2 Å². The molecule has 7 heteroatoms. The molecule has 0 N–H and O–H groups in total. The van der Waals surface area contributed by atoms with E-state index in [2.05, 4.69) is 0 Å². The van der Waals surface area contributed by atoms with Gasteiger partial charge in [0.2, 0.25) is 0 Å². The van der Waals surface area contributed by atoms with E-state index in [0.717, 1.165) is 0 Å². The normalized spacial score (nSPS) is 22.6. The highest BCUT2D eigenvalue weighted by Gasteiger charge is 2.52. The number of carbonyl (C=O) groups excluding carboxylic acids is 1. The third-order valence-corrected chi connectivity index (χ3v) is 5.16. The second kappa shape index (κ2) is 5.83. The molecule has 3 rings (SSSR count). The Morgan fingerprint density at radius 3 is 2.33 bits per heavy atom. The molecule has 0 spiro atoms. The van der Waals surface area contributed by atoms with Crippen LogP contribution >= 0.6 is 0 Å². The quantitative estimate of drug-likeness (QED) is 0.788. The fraction of sp³-hybridized carbons (Fsp3) is 0.588. The van der Waals surface area contributed by atoms with Gasteiger partial charge in [0.05, 0.1) is 17.3 Å². The summed E-state index contributed by atoms with van der Waals surface area (Å²) in [6.07, 6.45) is 0.0603. The second-order valence-corrected chi connectivity index (χ2v) is 7.43. The van der Waals surface area contributed by atoms with Gasteiger partial charge in [-0.1, -0.05) is 0 Å². The van der Waals surface area contributed by atoms with Crippen LogP contribution in [0.4, 0.5) is 4.39 Å². The molecule has 2 heterocycles. The van der Waals surface area contributed by atoms with Crippen LogP contribution in [0.3, 0.4) is 0 Å². The third-order valence-electron chi connectivity index (χ3n) is 5.16. The van der Waals surface area contributed by atoms with Crippen molar-refractivity contribution in [2.45, 2.75) is 45.0 Å². The summed E-state index contributed by atoms with van der Waals surface area (Å²) in [5.41, 5.74) is -0.218. The predicted octanol–water partition coefficient (Wildman–Crippen LogP) is 1.60. The van der Waals surface area contributed by atoms with E-state index in [1.807, 2.05) is 27.7 Å². The Kier molecular flexibility index (Phi) is 4.22.